The van der Waals surface area contributed by atoms with Gasteiger partial charge in [-0.1, -0.05) is 15.9 Å². The summed E-state index contributed by atoms with van der Waals surface area (Å²) >= 11 is 3.00. The quantitative estimate of drug-likeness (QED) is 0.587. The molecule has 0 aromatic carbocycles. The average molecular weight is 291 g/mol. The molecule has 7 heteroatoms. The van der Waals surface area contributed by atoms with Gasteiger partial charge < -0.3 is 21.1 Å². The third-order valence-electron chi connectivity index (χ3n) is 2.03. The van der Waals surface area contributed by atoms with Crippen LogP contribution in [0.2, 0.25) is 0 Å². The molecule has 2 unspecified atom stereocenters. The van der Waals surface area contributed by atoms with Crippen molar-refractivity contribution in [2.75, 3.05) is 11.1 Å². The molecule has 5 N–H and O–H groups in total. The van der Waals surface area contributed by atoms with Crippen molar-refractivity contribution < 1.29 is 20.1 Å². The van der Waals surface area contributed by atoms with Gasteiger partial charge in [0, 0.05) is 17.1 Å². The molecule has 16 heavy (non-hydrogen) atoms. The third-order valence-corrected chi connectivity index (χ3v) is 2.70. The molecule has 1 rings (SSSR count). The van der Waals surface area contributed by atoms with Gasteiger partial charge in [0.05, 0.1) is 6.10 Å². The van der Waals surface area contributed by atoms with Crippen LogP contribution in [0, 0.1) is 0 Å². The summed E-state index contributed by atoms with van der Waals surface area (Å²) in [5.74, 6) is -1.36. The number of pyridine rings is 1. The fourth-order valence-corrected chi connectivity index (χ4v) is 1.49. The van der Waals surface area contributed by atoms with Crippen molar-refractivity contribution in [1.29, 1.82) is 0 Å². The molecule has 0 saturated carbocycles. The number of aliphatic hydroxyl groups excluding tert-OH is 2. The fraction of sp³-hybridized carbons (Fsp3) is 0.333. The molecule has 0 aliphatic carbocycles. The lowest BCUT2D eigenvalue weighted by molar-refractivity contribution is 0.0339. The van der Waals surface area contributed by atoms with E-state index in [4.69, 9.17) is 10.8 Å². The zero-order chi connectivity index (χ0) is 12.3. The first-order valence-electron chi connectivity index (χ1n) is 4.38. The Labute approximate surface area is 99.9 Å². The minimum Gasteiger partial charge on any atom is -0.478 e. The van der Waals surface area contributed by atoms with Crippen LogP contribution >= 0.6 is 15.9 Å². The van der Waals surface area contributed by atoms with E-state index in [0.717, 1.165) is 0 Å². The molecule has 0 amide bonds. The summed E-state index contributed by atoms with van der Waals surface area (Å²) in [6.07, 6.45) is -1.00. The molecular weight excluding hydrogens is 280 g/mol. The highest BCUT2D eigenvalue weighted by Gasteiger charge is 2.20. The molecule has 1 aromatic rings. The Bertz CT molecular complexity index is 399. The minimum atomic E-state index is -1.23. The first-order valence-corrected chi connectivity index (χ1v) is 5.50. The van der Waals surface area contributed by atoms with Crippen LogP contribution in [0.3, 0.4) is 0 Å². The Morgan fingerprint density at radius 1 is 1.56 bits per heavy atom. The molecule has 6 nitrogen and oxygen atoms in total. The molecule has 1 heterocycles. The van der Waals surface area contributed by atoms with E-state index in [2.05, 4.69) is 20.9 Å². The van der Waals surface area contributed by atoms with Crippen LogP contribution < -0.4 is 5.73 Å². The SMILES string of the molecule is Nc1ncc(C(O)C(O)CBr)cc1C(=O)O. The second-order valence-electron chi connectivity index (χ2n) is 3.17. The number of nitrogens with zero attached hydrogens (tertiary/aromatic N) is 1. The number of carboxylic acids is 1. The van der Waals surface area contributed by atoms with Crippen LogP contribution in [0.4, 0.5) is 5.82 Å². The summed E-state index contributed by atoms with van der Waals surface area (Å²) in [6.45, 7) is 0. The van der Waals surface area contributed by atoms with Crippen molar-refractivity contribution in [3.8, 4) is 0 Å². The second kappa shape index (κ2) is 5.24. The standard InChI is InChI=1S/C9H11BrN2O4/c10-2-6(13)7(14)4-1-5(9(15)16)8(11)12-3-4/h1,3,6-7,13-14H,2H2,(H2,11,12)(H,15,16). The Morgan fingerprint density at radius 3 is 2.69 bits per heavy atom. The smallest absolute Gasteiger partial charge is 0.339 e. The number of hydrogen-bond donors (Lipinski definition) is 4. The molecule has 0 fully saturated rings. The van der Waals surface area contributed by atoms with Gasteiger partial charge in [-0.3, -0.25) is 0 Å². The van der Waals surface area contributed by atoms with Crippen LogP contribution in [0.15, 0.2) is 12.3 Å². The Hall–Kier alpha value is -1.18. The van der Waals surface area contributed by atoms with Gasteiger partial charge in [-0.05, 0) is 6.07 Å². The molecule has 0 spiro atoms. The fourth-order valence-electron chi connectivity index (χ4n) is 1.13. The van der Waals surface area contributed by atoms with E-state index in [9.17, 15) is 15.0 Å². The summed E-state index contributed by atoms with van der Waals surface area (Å²) in [5.41, 5.74) is 5.36. The number of anilines is 1. The number of nitrogens with two attached hydrogens (primary N) is 1. The number of alkyl halides is 1. The van der Waals surface area contributed by atoms with E-state index in [1.807, 2.05) is 0 Å². The van der Waals surface area contributed by atoms with E-state index in [-0.39, 0.29) is 22.3 Å². The highest BCUT2D eigenvalue weighted by molar-refractivity contribution is 9.09. The number of carbonyl (C=O) groups is 1. The number of aliphatic hydroxyl groups is 2. The number of halogens is 1. The van der Waals surface area contributed by atoms with Crippen molar-refractivity contribution in [3.63, 3.8) is 0 Å². The van der Waals surface area contributed by atoms with Crippen LogP contribution in [-0.4, -0.2) is 37.7 Å². The van der Waals surface area contributed by atoms with Crippen LogP contribution in [0.1, 0.15) is 22.0 Å². The summed E-state index contributed by atoms with van der Waals surface area (Å²) < 4.78 is 0. The van der Waals surface area contributed by atoms with Crippen LogP contribution in [0.5, 0.6) is 0 Å². The lowest BCUT2D eigenvalue weighted by Crippen LogP contribution is -2.20. The summed E-state index contributed by atoms with van der Waals surface area (Å²) in [6, 6.07) is 1.20. The van der Waals surface area contributed by atoms with E-state index >= 15 is 0 Å². The number of nitrogen functional groups attached to an aromatic ring is 1. The van der Waals surface area contributed by atoms with Crippen LogP contribution in [-0.2, 0) is 0 Å². The highest BCUT2D eigenvalue weighted by atomic mass is 79.9. The maximum atomic E-state index is 10.8. The van der Waals surface area contributed by atoms with Crippen molar-refractivity contribution in [2.45, 2.75) is 12.2 Å². The zero-order valence-electron chi connectivity index (χ0n) is 8.17. The molecule has 2 atom stereocenters. The Kier molecular flexibility index (Phi) is 4.22. The minimum absolute atomic E-state index is 0.128. The Balaban J connectivity index is 3.07. The van der Waals surface area contributed by atoms with E-state index < -0.39 is 18.2 Å². The summed E-state index contributed by atoms with van der Waals surface area (Å²) in [7, 11) is 0. The van der Waals surface area contributed by atoms with Gasteiger partial charge in [0.15, 0.2) is 0 Å². The van der Waals surface area contributed by atoms with Gasteiger partial charge in [-0.2, -0.15) is 0 Å². The monoisotopic (exact) mass is 290 g/mol. The van der Waals surface area contributed by atoms with Gasteiger partial charge in [-0.25, -0.2) is 9.78 Å². The normalized spacial score (nSPS) is 14.4. The van der Waals surface area contributed by atoms with Gasteiger partial charge in [-0.15, -0.1) is 0 Å². The molecule has 88 valence electrons. The van der Waals surface area contributed by atoms with Gasteiger partial charge in [0.2, 0.25) is 0 Å². The second-order valence-corrected chi connectivity index (χ2v) is 3.82. The molecule has 0 bridgehead atoms. The summed E-state index contributed by atoms with van der Waals surface area (Å²) in [4.78, 5) is 14.4. The van der Waals surface area contributed by atoms with Crippen molar-refractivity contribution in [2.24, 2.45) is 0 Å². The van der Waals surface area contributed by atoms with Gasteiger partial charge >= 0.3 is 5.97 Å². The first-order chi connectivity index (χ1) is 7.47. The molecule has 0 aliphatic rings. The highest BCUT2D eigenvalue weighted by Crippen LogP contribution is 2.20. The lowest BCUT2D eigenvalue weighted by Gasteiger charge is -2.16. The predicted molar refractivity (Wildman–Crippen MR) is 60.4 cm³/mol. The van der Waals surface area contributed by atoms with Gasteiger partial charge in [0.25, 0.3) is 0 Å². The Morgan fingerprint density at radius 2 is 2.19 bits per heavy atom. The maximum absolute atomic E-state index is 10.8. The van der Waals surface area contributed by atoms with Crippen molar-refractivity contribution in [1.82, 2.24) is 4.98 Å². The molecule has 0 saturated heterocycles. The molecule has 0 aliphatic heterocycles. The summed E-state index contributed by atoms with van der Waals surface area (Å²) in [5, 5.41) is 28.0. The number of aromatic nitrogens is 1. The number of carboxylic acid groups (broad SMARTS) is 1. The number of aromatic carboxylic acids is 1. The van der Waals surface area contributed by atoms with Crippen LogP contribution in [0.25, 0.3) is 0 Å². The zero-order valence-corrected chi connectivity index (χ0v) is 9.75. The maximum Gasteiger partial charge on any atom is 0.339 e. The van der Waals surface area contributed by atoms with E-state index in [1.54, 1.807) is 0 Å². The third kappa shape index (κ3) is 2.69. The number of hydrogen-bond acceptors (Lipinski definition) is 5. The average Bonchev–Trinajstić information content (AvgIpc) is 2.27. The molecular formula is C9H11BrN2O4. The number of rotatable bonds is 4. The van der Waals surface area contributed by atoms with E-state index in [1.165, 1.54) is 12.3 Å². The molecule has 1 aromatic heterocycles. The largest absolute Gasteiger partial charge is 0.478 e. The lowest BCUT2D eigenvalue weighted by atomic mass is 10.1. The first kappa shape index (κ1) is 12.9. The van der Waals surface area contributed by atoms with Crippen molar-refractivity contribution >= 4 is 27.7 Å². The van der Waals surface area contributed by atoms with Gasteiger partial charge in [0.1, 0.15) is 17.5 Å². The molecule has 0 radical (unpaired) electrons. The predicted octanol–water partition coefficient (Wildman–Crippen LogP) is 0.151. The van der Waals surface area contributed by atoms with E-state index in [0.29, 0.717) is 0 Å². The van der Waals surface area contributed by atoms with Crippen molar-refractivity contribution in [3.05, 3.63) is 23.4 Å². The topological polar surface area (TPSA) is 117 Å².